The van der Waals surface area contributed by atoms with E-state index in [0.29, 0.717) is 17.4 Å². The van der Waals surface area contributed by atoms with Crippen molar-refractivity contribution < 1.29 is 22.8 Å². The molecule has 39 heavy (non-hydrogen) atoms. The fraction of sp³-hybridized carbons (Fsp3) is 0.250. The van der Waals surface area contributed by atoms with Gasteiger partial charge in [-0.15, -0.1) is 5.10 Å². The van der Waals surface area contributed by atoms with Gasteiger partial charge in [0.05, 0.1) is 28.2 Å². The molecule has 3 heterocycles. The zero-order chi connectivity index (χ0) is 28.5. The van der Waals surface area contributed by atoms with Crippen LogP contribution in [0.2, 0.25) is 5.02 Å². The lowest BCUT2D eigenvalue weighted by molar-refractivity contribution is -0.141. The highest BCUT2D eigenvalue weighted by Crippen LogP contribution is 2.28. The zero-order valence-electron chi connectivity index (χ0n) is 20.7. The molecule has 15 heteroatoms. The molecule has 1 aromatic carbocycles. The minimum atomic E-state index is -4.66. The maximum absolute atomic E-state index is 13.6. The number of rotatable bonds is 7. The van der Waals surface area contributed by atoms with E-state index in [0.717, 1.165) is 8.37 Å². The Balaban J connectivity index is 1.74. The molecule has 0 spiro atoms. The van der Waals surface area contributed by atoms with Gasteiger partial charge < -0.3 is 10.6 Å². The van der Waals surface area contributed by atoms with Crippen LogP contribution in [0.4, 0.5) is 18.9 Å². The number of hydrogen-bond acceptors (Lipinski definition) is 6. The molecule has 2 amide bonds. The lowest BCUT2D eigenvalue weighted by atomic mass is 10.1. The number of aromatic nitrogens is 6. The molecule has 204 valence electrons. The van der Waals surface area contributed by atoms with Crippen LogP contribution in [0.1, 0.15) is 51.6 Å². The summed E-state index contributed by atoms with van der Waals surface area (Å²) < 4.78 is 40.9. The van der Waals surface area contributed by atoms with Crippen molar-refractivity contribution in [2.24, 2.45) is 0 Å². The Morgan fingerprint density at radius 3 is 2.54 bits per heavy atom. The maximum atomic E-state index is 13.6. The Labute approximate surface area is 239 Å². The normalized spacial score (nSPS) is 11.6. The fourth-order valence-corrected chi connectivity index (χ4v) is 4.60. The van der Waals surface area contributed by atoms with Gasteiger partial charge >= 0.3 is 6.18 Å². The standard InChI is InChI=1S/C24H21ClF3IN8O2/c1-12(2)32-22(38)16-8-14(29)7-13(3)20(16)33-23(39)18-9-15(11-36-31-10-19(35-36)24(26,27)28)34-37(18)21-17(25)5-4-6-30-21/h4-10,12H,11H2,1-3H3,(H,32,38)(H,33,39). The van der Waals surface area contributed by atoms with E-state index < -0.39 is 17.8 Å². The van der Waals surface area contributed by atoms with Crippen molar-refractivity contribution in [1.29, 1.82) is 0 Å². The molecule has 4 aromatic rings. The smallest absolute Gasteiger partial charge is 0.350 e. The maximum Gasteiger partial charge on any atom is 0.436 e. The Hall–Kier alpha value is -3.53. The van der Waals surface area contributed by atoms with Gasteiger partial charge in [0.2, 0.25) is 0 Å². The first-order valence-corrected chi connectivity index (χ1v) is 12.9. The highest BCUT2D eigenvalue weighted by molar-refractivity contribution is 14.1. The number of benzene rings is 1. The fourth-order valence-electron chi connectivity index (χ4n) is 3.62. The summed E-state index contributed by atoms with van der Waals surface area (Å²) in [4.78, 5) is 31.5. The third-order valence-corrected chi connectivity index (χ3v) is 6.18. The second-order valence-electron chi connectivity index (χ2n) is 8.73. The van der Waals surface area contributed by atoms with E-state index in [1.165, 1.54) is 16.9 Å². The Morgan fingerprint density at radius 1 is 1.15 bits per heavy atom. The van der Waals surface area contributed by atoms with Crippen LogP contribution in [-0.2, 0) is 12.7 Å². The van der Waals surface area contributed by atoms with E-state index in [9.17, 15) is 22.8 Å². The molecule has 0 saturated carbocycles. The minimum absolute atomic E-state index is 0.0260. The van der Waals surface area contributed by atoms with Crippen molar-refractivity contribution in [3.8, 4) is 5.82 Å². The summed E-state index contributed by atoms with van der Waals surface area (Å²) in [5, 5.41) is 17.2. The number of pyridine rings is 1. The van der Waals surface area contributed by atoms with Gasteiger partial charge in [-0.2, -0.15) is 28.2 Å². The summed E-state index contributed by atoms with van der Waals surface area (Å²) >= 11 is 8.40. The van der Waals surface area contributed by atoms with E-state index in [4.69, 9.17) is 11.6 Å². The Bertz CT molecular complexity index is 1550. The molecule has 0 bridgehead atoms. The average molecular weight is 673 g/mol. The molecule has 0 radical (unpaired) electrons. The van der Waals surface area contributed by atoms with Crippen LogP contribution in [0.3, 0.4) is 0 Å². The van der Waals surface area contributed by atoms with Crippen LogP contribution in [-0.4, -0.2) is 47.6 Å². The first-order valence-electron chi connectivity index (χ1n) is 11.4. The van der Waals surface area contributed by atoms with Gasteiger partial charge in [0.15, 0.2) is 11.5 Å². The molecule has 4 rings (SSSR count). The van der Waals surface area contributed by atoms with E-state index in [-0.39, 0.29) is 46.3 Å². The molecule has 2 N–H and O–H groups in total. The molecule has 0 aliphatic heterocycles. The summed E-state index contributed by atoms with van der Waals surface area (Å²) in [6, 6.07) is 7.84. The molecular weight excluding hydrogens is 652 g/mol. The average Bonchev–Trinajstić information content (AvgIpc) is 3.48. The van der Waals surface area contributed by atoms with Crippen LogP contribution in [0.5, 0.6) is 0 Å². The number of anilines is 1. The largest absolute Gasteiger partial charge is 0.436 e. The van der Waals surface area contributed by atoms with Crippen molar-refractivity contribution in [2.45, 2.75) is 39.5 Å². The van der Waals surface area contributed by atoms with Gasteiger partial charge in [-0.3, -0.25) is 9.59 Å². The predicted octanol–water partition coefficient (Wildman–Crippen LogP) is 4.88. The van der Waals surface area contributed by atoms with Gasteiger partial charge in [0.1, 0.15) is 12.2 Å². The Kier molecular flexibility index (Phi) is 8.25. The van der Waals surface area contributed by atoms with Crippen LogP contribution in [0, 0.1) is 10.5 Å². The molecule has 0 atom stereocenters. The molecule has 10 nitrogen and oxygen atoms in total. The SMILES string of the molecule is Cc1cc(I)cc(C(=O)NC(C)C)c1NC(=O)c1cc(Cn2ncc(C(F)(F)F)n2)nn1-c1ncccc1Cl. The molecule has 3 aromatic heterocycles. The van der Waals surface area contributed by atoms with Crippen LogP contribution >= 0.6 is 34.2 Å². The van der Waals surface area contributed by atoms with Gasteiger partial charge in [-0.05, 0) is 79.3 Å². The highest BCUT2D eigenvalue weighted by atomic mass is 127. The Morgan fingerprint density at radius 2 is 1.90 bits per heavy atom. The molecule has 0 unspecified atom stereocenters. The van der Waals surface area contributed by atoms with Gasteiger partial charge in [0.25, 0.3) is 11.8 Å². The number of hydrogen-bond donors (Lipinski definition) is 2. The topological polar surface area (TPSA) is 120 Å². The van der Waals surface area contributed by atoms with Crippen molar-refractivity contribution in [3.05, 3.63) is 79.5 Å². The van der Waals surface area contributed by atoms with Crippen molar-refractivity contribution in [2.75, 3.05) is 5.32 Å². The van der Waals surface area contributed by atoms with Gasteiger partial charge in [0, 0.05) is 15.8 Å². The summed E-state index contributed by atoms with van der Waals surface area (Å²) in [7, 11) is 0. The number of nitrogens with zero attached hydrogens (tertiary/aromatic N) is 6. The summed E-state index contributed by atoms with van der Waals surface area (Å²) in [6.45, 7) is 5.13. The van der Waals surface area contributed by atoms with Crippen molar-refractivity contribution in [3.63, 3.8) is 0 Å². The van der Waals surface area contributed by atoms with Crippen molar-refractivity contribution in [1.82, 2.24) is 35.1 Å². The van der Waals surface area contributed by atoms with Crippen LogP contribution in [0.25, 0.3) is 5.82 Å². The zero-order valence-corrected chi connectivity index (χ0v) is 23.6. The summed E-state index contributed by atoms with van der Waals surface area (Å²) in [5.41, 5.74) is 0.193. The van der Waals surface area contributed by atoms with Crippen molar-refractivity contribution >= 4 is 51.7 Å². The molecule has 0 aliphatic carbocycles. The molecular formula is C24H21ClF3IN8O2. The quantitative estimate of drug-likeness (QED) is 0.270. The number of aryl methyl sites for hydroxylation is 1. The second kappa shape index (κ2) is 11.3. The number of carbonyl (C=O) groups is 2. The van der Waals surface area contributed by atoms with Gasteiger partial charge in [-0.25, -0.2) is 9.67 Å². The first-order chi connectivity index (χ1) is 18.3. The number of nitrogens with one attached hydrogen (secondary N) is 2. The van der Waals surface area contributed by atoms with E-state index in [1.807, 2.05) is 19.9 Å². The third-order valence-electron chi connectivity index (χ3n) is 5.27. The molecule has 0 fully saturated rings. The van der Waals surface area contributed by atoms with Gasteiger partial charge in [-0.1, -0.05) is 11.6 Å². The van der Waals surface area contributed by atoms with Crippen LogP contribution in [0.15, 0.2) is 42.7 Å². The van der Waals surface area contributed by atoms with E-state index in [1.54, 1.807) is 25.1 Å². The number of halogens is 5. The van der Waals surface area contributed by atoms with E-state index >= 15 is 0 Å². The summed E-state index contributed by atoms with van der Waals surface area (Å²) in [6.07, 6.45) is -2.61. The van der Waals surface area contributed by atoms with E-state index in [2.05, 4.69) is 53.5 Å². The minimum Gasteiger partial charge on any atom is -0.350 e. The first kappa shape index (κ1) is 28.5. The number of carbonyl (C=O) groups excluding carboxylic acids is 2. The van der Waals surface area contributed by atoms with Crippen LogP contribution < -0.4 is 10.6 Å². The predicted molar refractivity (Wildman–Crippen MR) is 145 cm³/mol. The number of amides is 2. The monoisotopic (exact) mass is 672 g/mol. The molecule has 0 saturated heterocycles. The summed E-state index contributed by atoms with van der Waals surface area (Å²) in [5.74, 6) is -0.894. The number of alkyl halides is 3. The second-order valence-corrected chi connectivity index (χ2v) is 10.4. The third kappa shape index (κ3) is 6.55. The lowest BCUT2D eigenvalue weighted by Gasteiger charge is -2.16. The lowest BCUT2D eigenvalue weighted by Crippen LogP contribution is -2.31. The highest BCUT2D eigenvalue weighted by Gasteiger charge is 2.34. The molecule has 0 aliphatic rings.